The van der Waals surface area contributed by atoms with Gasteiger partial charge in [0.25, 0.3) is 0 Å². The molecule has 2 heterocycles. The van der Waals surface area contributed by atoms with Crippen LogP contribution >= 0.6 is 11.3 Å². The van der Waals surface area contributed by atoms with E-state index in [2.05, 4.69) is 29.1 Å². The van der Waals surface area contributed by atoms with Gasteiger partial charge in [0.05, 0.1) is 5.01 Å². The van der Waals surface area contributed by atoms with Crippen molar-refractivity contribution in [2.45, 2.75) is 32.2 Å². The Bertz CT molecular complexity index is 308. The molecule has 0 radical (unpaired) electrons. The summed E-state index contributed by atoms with van der Waals surface area (Å²) in [4.78, 5) is 6.90. The molecule has 1 aliphatic rings. The maximum atomic E-state index is 5.86. The predicted molar refractivity (Wildman–Crippen MR) is 61.0 cm³/mol. The molecule has 1 aliphatic heterocycles. The average Bonchev–Trinajstić information content (AvgIpc) is 2.70. The maximum absolute atomic E-state index is 5.86. The third-order valence-corrected chi connectivity index (χ3v) is 3.69. The van der Waals surface area contributed by atoms with Gasteiger partial charge in [0, 0.05) is 30.4 Å². The van der Waals surface area contributed by atoms with Crippen molar-refractivity contribution < 1.29 is 0 Å². The van der Waals surface area contributed by atoms with Crippen LogP contribution in [0.3, 0.4) is 0 Å². The number of hydrogen-bond acceptors (Lipinski definition) is 4. The van der Waals surface area contributed by atoms with Gasteiger partial charge in [0.1, 0.15) is 5.82 Å². The molecule has 0 aliphatic carbocycles. The molecule has 4 heteroatoms. The molecule has 1 saturated heterocycles. The van der Waals surface area contributed by atoms with Gasteiger partial charge in [-0.3, -0.25) is 0 Å². The molecule has 0 saturated carbocycles. The van der Waals surface area contributed by atoms with Crippen LogP contribution in [-0.2, 0) is 0 Å². The lowest BCUT2D eigenvalue weighted by atomic mass is 10.2. The van der Waals surface area contributed by atoms with Crippen LogP contribution in [0, 0.1) is 0 Å². The summed E-state index contributed by atoms with van der Waals surface area (Å²) in [5.41, 5.74) is 5.86. The molecule has 1 atom stereocenters. The molecule has 1 fully saturated rings. The number of nitrogens with zero attached hydrogens (tertiary/aromatic N) is 2. The minimum absolute atomic E-state index is 0.333. The quantitative estimate of drug-likeness (QED) is 0.811. The number of hydrogen-bond donors (Lipinski definition) is 1. The Morgan fingerprint density at radius 3 is 2.93 bits per heavy atom. The van der Waals surface area contributed by atoms with Crippen molar-refractivity contribution in [2.24, 2.45) is 5.73 Å². The summed E-state index contributed by atoms with van der Waals surface area (Å²) in [7, 11) is 0. The van der Waals surface area contributed by atoms with E-state index >= 15 is 0 Å². The summed E-state index contributed by atoms with van der Waals surface area (Å²) in [6.07, 6.45) is 1.09. The Hall–Kier alpha value is -0.610. The lowest BCUT2D eigenvalue weighted by Gasteiger charge is -2.13. The van der Waals surface area contributed by atoms with E-state index in [4.69, 9.17) is 5.73 Å². The molecular formula is C10H17N3S. The Morgan fingerprint density at radius 1 is 1.64 bits per heavy atom. The molecule has 2 rings (SSSR count). The lowest BCUT2D eigenvalue weighted by molar-refractivity contribution is 0.751. The predicted octanol–water partition coefficient (Wildman–Crippen LogP) is 1.80. The second kappa shape index (κ2) is 3.87. The van der Waals surface area contributed by atoms with Crippen LogP contribution in [0.15, 0.2) is 5.38 Å². The fraction of sp³-hybridized carbons (Fsp3) is 0.700. The summed E-state index contributed by atoms with van der Waals surface area (Å²) in [5, 5.41) is 3.37. The number of thiazole rings is 1. The first-order chi connectivity index (χ1) is 6.66. The van der Waals surface area contributed by atoms with Crippen molar-refractivity contribution in [1.82, 2.24) is 4.98 Å². The average molecular weight is 211 g/mol. The highest BCUT2D eigenvalue weighted by Gasteiger charge is 2.21. The topological polar surface area (TPSA) is 42.2 Å². The first-order valence-corrected chi connectivity index (χ1v) is 6.00. The van der Waals surface area contributed by atoms with E-state index in [1.165, 1.54) is 5.01 Å². The van der Waals surface area contributed by atoms with Gasteiger partial charge >= 0.3 is 0 Å². The van der Waals surface area contributed by atoms with Gasteiger partial charge in [0.15, 0.2) is 0 Å². The van der Waals surface area contributed by atoms with Crippen LogP contribution in [0.2, 0.25) is 0 Å². The Kier molecular flexibility index (Phi) is 2.74. The van der Waals surface area contributed by atoms with Crippen LogP contribution in [0.25, 0.3) is 0 Å². The number of nitrogens with two attached hydrogens (primary N) is 1. The minimum atomic E-state index is 0.333. The molecule has 0 amide bonds. The third kappa shape index (κ3) is 1.91. The molecule has 2 N–H and O–H groups in total. The standard InChI is InChI=1S/C10H17N3S/c1-7(2)10-12-9(6-14-10)13-4-3-8(11)5-13/h6-8H,3-5,11H2,1-2H3/t8-/m1/s1. The van der Waals surface area contributed by atoms with Gasteiger partial charge in [-0.05, 0) is 6.42 Å². The van der Waals surface area contributed by atoms with Crippen LogP contribution in [0.1, 0.15) is 31.2 Å². The SMILES string of the molecule is CC(C)c1nc(N2CC[C@@H](N)C2)cs1. The molecule has 3 nitrogen and oxygen atoms in total. The molecule has 0 aromatic carbocycles. The van der Waals surface area contributed by atoms with E-state index < -0.39 is 0 Å². The van der Waals surface area contributed by atoms with E-state index in [0.717, 1.165) is 25.3 Å². The Labute approximate surface area is 88.9 Å². The van der Waals surface area contributed by atoms with Crippen molar-refractivity contribution >= 4 is 17.2 Å². The second-order valence-corrected chi connectivity index (χ2v) is 5.08. The van der Waals surface area contributed by atoms with Crippen molar-refractivity contribution in [1.29, 1.82) is 0 Å². The highest BCUT2D eigenvalue weighted by molar-refractivity contribution is 7.10. The van der Waals surface area contributed by atoms with Gasteiger partial charge < -0.3 is 10.6 Å². The van der Waals surface area contributed by atoms with Gasteiger partial charge in [-0.1, -0.05) is 13.8 Å². The van der Waals surface area contributed by atoms with Crippen LogP contribution in [0.5, 0.6) is 0 Å². The molecule has 14 heavy (non-hydrogen) atoms. The smallest absolute Gasteiger partial charge is 0.139 e. The zero-order valence-electron chi connectivity index (χ0n) is 8.73. The van der Waals surface area contributed by atoms with E-state index in [-0.39, 0.29) is 0 Å². The fourth-order valence-electron chi connectivity index (χ4n) is 1.68. The molecule has 0 unspecified atom stereocenters. The Morgan fingerprint density at radius 2 is 2.43 bits per heavy atom. The molecule has 0 spiro atoms. The van der Waals surface area contributed by atoms with Crippen molar-refractivity contribution in [3.05, 3.63) is 10.4 Å². The van der Waals surface area contributed by atoms with Gasteiger partial charge in [0.2, 0.25) is 0 Å². The summed E-state index contributed by atoms with van der Waals surface area (Å²) in [6, 6.07) is 0.333. The lowest BCUT2D eigenvalue weighted by Crippen LogP contribution is -2.26. The largest absolute Gasteiger partial charge is 0.354 e. The minimum Gasteiger partial charge on any atom is -0.354 e. The molecule has 78 valence electrons. The van der Waals surface area contributed by atoms with E-state index in [1.807, 2.05) is 0 Å². The van der Waals surface area contributed by atoms with Crippen molar-refractivity contribution in [2.75, 3.05) is 18.0 Å². The van der Waals surface area contributed by atoms with Crippen LogP contribution in [-0.4, -0.2) is 24.1 Å². The van der Waals surface area contributed by atoms with Gasteiger partial charge in [-0.2, -0.15) is 0 Å². The number of aromatic nitrogens is 1. The second-order valence-electron chi connectivity index (χ2n) is 4.19. The highest BCUT2D eigenvalue weighted by Crippen LogP contribution is 2.26. The first kappa shape index (κ1) is 9.93. The van der Waals surface area contributed by atoms with Crippen LogP contribution < -0.4 is 10.6 Å². The third-order valence-electron chi connectivity index (χ3n) is 2.55. The van der Waals surface area contributed by atoms with Crippen molar-refractivity contribution in [3.63, 3.8) is 0 Å². The first-order valence-electron chi connectivity index (χ1n) is 5.12. The zero-order chi connectivity index (χ0) is 10.1. The molecular weight excluding hydrogens is 194 g/mol. The summed E-state index contributed by atoms with van der Waals surface area (Å²) in [5.74, 6) is 1.65. The monoisotopic (exact) mass is 211 g/mol. The zero-order valence-corrected chi connectivity index (χ0v) is 9.55. The van der Waals surface area contributed by atoms with Crippen molar-refractivity contribution in [3.8, 4) is 0 Å². The summed E-state index contributed by atoms with van der Waals surface area (Å²) < 4.78 is 0. The van der Waals surface area contributed by atoms with E-state index in [0.29, 0.717) is 12.0 Å². The normalized spacial score (nSPS) is 22.3. The fourth-order valence-corrected chi connectivity index (χ4v) is 2.53. The van der Waals surface area contributed by atoms with Gasteiger partial charge in [-0.25, -0.2) is 4.98 Å². The summed E-state index contributed by atoms with van der Waals surface area (Å²) >= 11 is 1.75. The number of anilines is 1. The highest BCUT2D eigenvalue weighted by atomic mass is 32.1. The maximum Gasteiger partial charge on any atom is 0.139 e. The molecule has 0 bridgehead atoms. The Balaban J connectivity index is 2.09. The van der Waals surface area contributed by atoms with E-state index in [9.17, 15) is 0 Å². The molecule has 1 aromatic rings. The van der Waals surface area contributed by atoms with Gasteiger partial charge in [-0.15, -0.1) is 11.3 Å². The summed E-state index contributed by atoms with van der Waals surface area (Å²) in [6.45, 7) is 6.38. The van der Waals surface area contributed by atoms with E-state index in [1.54, 1.807) is 11.3 Å². The molecule has 1 aromatic heterocycles. The van der Waals surface area contributed by atoms with Crippen LogP contribution in [0.4, 0.5) is 5.82 Å². The number of rotatable bonds is 2.